The summed E-state index contributed by atoms with van der Waals surface area (Å²) in [6.07, 6.45) is 1.15. The number of nitrogens with two attached hydrogens (primary N) is 1. The summed E-state index contributed by atoms with van der Waals surface area (Å²) in [6, 6.07) is 9.49. The Kier molecular flexibility index (Phi) is 4.03. The minimum absolute atomic E-state index is 0.0145. The number of carbonyl (C=O) groups excluding carboxylic acids is 2. The summed E-state index contributed by atoms with van der Waals surface area (Å²) in [5.41, 5.74) is 6.27. The second kappa shape index (κ2) is 6.13. The van der Waals surface area contributed by atoms with Crippen molar-refractivity contribution in [3.63, 3.8) is 0 Å². The first-order valence-electron chi connectivity index (χ1n) is 6.92. The number of hydrogen-bond donors (Lipinski definition) is 2. The SMILES string of the molecule is Cc1cc2ccc(CNC(=O)c3cc(C(N)=O)ncn3)cc2s1. The number of amides is 2. The summed E-state index contributed by atoms with van der Waals surface area (Å²) in [7, 11) is 0. The van der Waals surface area contributed by atoms with Crippen molar-refractivity contribution in [2.24, 2.45) is 5.73 Å². The zero-order chi connectivity index (χ0) is 16.4. The number of aromatic nitrogens is 2. The van der Waals surface area contributed by atoms with Crippen molar-refractivity contribution in [1.82, 2.24) is 15.3 Å². The molecule has 3 N–H and O–H groups in total. The Morgan fingerprint density at radius 3 is 2.74 bits per heavy atom. The number of carbonyl (C=O) groups is 2. The molecule has 2 aromatic heterocycles. The van der Waals surface area contributed by atoms with Gasteiger partial charge in [0, 0.05) is 22.2 Å². The lowest BCUT2D eigenvalue weighted by molar-refractivity contribution is 0.0945. The second-order valence-corrected chi connectivity index (χ2v) is 6.35. The Hall–Kier alpha value is -2.80. The average molecular weight is 326 g/mol. The van der Waals surface area contributed by atoms with Gasteiger partial charge in [-0.2, -0.15) is 0 Å². The van der Waals surface area contributed by atoms with Crippen LogP contribution in [0, 0.1) is 6.92 Å². The molecule has 1 aromatic carbocycles. The molecule has 0 radical (unpaired) electrons. The van der Waals surface area contributed by atoms with Crippen LogP contribution < -0.4 is 11.1 Å². The van der Waals surface area contributed by atoms with Gasteiger partial charge < -0.3 is 11.1 Å². The molecule has 3 aromatic rings. The Labute approximate surface area is 136 Å². The lowest BCUT2D eigenvalue weighted by atomic mass is 10.1. The molecule has 0 aliphatic rings. The Balaban J connectivity index is 1.72. The largest absolute Gasteiger partial charge is 0.364 e. The minimum atomic E-state index is -0.694. The highest BCUT2D eigenvalue weighted by molar-refractivity contribution is 7.19. The number of benzene rings is 1. The van der Waals surface area contributed by atoms with Crippen LogP contribution in [0.4, 0.5) is 0 Å². The third-order valence-corrected chi connectivity index (χ3v) is 4.33. The van der Waals surface area contributed by atoms with E-state index in [1.54, 1.807) is 11.3 Å². The molecule has 0 spiro atoms. The van der Waals surface area contributed by atoms with E-state index in [9.17, 15) is 9.59 Å². The molecule has 0 bridgehead atoms. The maximum atomic E-state index is 12.1. The molecule has 23 heavy (non-hydrogen) atoms. The summed E-state index contributed by atoms with van der Waals surface area (Å²) in [4.78, 5) is 32.0. The van der Waals surface area contributed by atoms with Crippen molar-refractivity contribution in [1.29, 1.82) is 0 Å². The quantitative estimate of drug-likeness (QED) is 0.766. The van der Waals surface area contributed by atoms with E-state index >= 15 is 0 Å². The van der Waals surface area contributed by atoms with Crippen LogP contribution in [0.3, 0.4) is 0 Å². The van der Waals surface area contributed by atoms with E-state index < -0.39 is 5.91 Å². The fourth-order valence-electron chi connectivity index (χ4n) is 2.21. The van der Waals surface area contributed by atoms with E-state index in [2.05, 4.69) is 34.3 Å². The summed E-state index contributed by atoms with van der Waals surface area (Å²) < 4.78 is 1.19. The Morgan fingerprint density at radius 1 is 1.17 bits per heavy atom. The van der Waals surface area contributed by atoms with Gasteiger partial charge in [-0.1, -0.05) is 12.1 Å². The van der Waals surface area contributed by atoms with E-state index in [1.165, 1.54) is 21.0 Å². The highest BCUT2D eigenvalue weighted by atomic mass is 32.1. The molecule has 3 rings (SSSR count). The first kappa shape index (κ1) is 15.1. The van der Waals surface area contributed by atoms with Crippen molar-refractivity contribution < 1.29 is 9.59 Å². The number of hydrogen-bond acceptors (Lipinski definition) is 5. The highest BCUT2D eigenvalue weighted by Crippen LogP contribution is 2.25. The number of primary amides is 1. The molecule has 7 heteroatoms. The van der Waals surface area contributed by atoms with Crippen LogP contribution in [0.15, 0.2) is 36.7 Å². The molecule has 0 fully saturated rings. The predicted molar refractivity (Wildman–Crippen MR) is 88.3 cm³/mol. The lowest BCUT2D eigenvalue weighted by Gasteiger charge is -2.05. The van der Waals surface area contributed by atoms with Crippen LogP contribution in [0.1, 0.15) is 31.4 Å². The molecule has 0 aliphatic carbocycles. The van der Waals surface area contributed by atoms with Crippen LogP contribution in [-0.4, -0.2) is 21.8 Å². The van der Waals surface area contributed by atoms with E-state index in [0.29, 0.717) is 6.54 Å². The standard InChI is InChI=1S/C16H14N4O2S/c1-9-4-11-3-2-10(5-14(11)23-9)7-18-16(22)13-6-12(15(17)21)19-8-20-13/h2-6,8H,7H2,1H3,(H2,17,21)(H,18,22). The predicted octanol–water partition coefficient (Wildman–Crippen LogP) is 2.03. The highest BCUT2D eigenvalue weighted by Gasteiger charge is 2.11. The van der Waals surface area contributed by atoms with Gasteiger partial charge in [-0.3, -0.25) is 9.59 Å². The van der Waals surface area contributed by atoms with E-state index in [-0.39, 0.29) is 17.3 Å². The van der Waals surface area contributed by atoms with Crippen molar-refractivity contribution in [2.45, 2.75) is 13.5 Å². The molecule has 116 valence electrons. The third-order valence-electron chi connectivity index (χ3n) is 3.31. The number of thiophene rings is 1. The van der Waals surface area contributed by atoms with Crippen molar-refractivity contribution >= 4 is 33.2 Å². The van der Waals surface area contributed by atoms with Crippen LogP contribution >= 0.6 is 11.3 Å². The summed E-state index contributed by atoms with van der Waals surface area (Å²) in [5, 5.41) is 3.97. The summed E-state index contributed by atoms with van der Waals surface area (Å²) in [6.45, 7) is 2.44. The molecular weight excluding hydrogens is 312 g/mol. The third kappa shape index (κ3) is 3.35. The zero-order valence-electron chi connectivity index (χ0n) is 12.4. The molecule has 2 amide bonds. The van der Waals surface area contributed by atoms with Gasteiger partial charge in [0.2, 0.25) is 0 Å². The summed E-state index contributed by atoms with van der Waals surface area (Å²) in [5.74, 6) is -1.07. The Morgan fingerprint density at radius 2 is 1.96 bits per heavy atom. The molecule has 0 atom stereocenters. The van der Waals surface area contributed by atoms with Gasteiger partial charge in [-0.05, 0) is 30.0 Å². The molecule has 0 saturated heterocycles. The molecular formula is C16H14N4O2S. The van der Waals surface area contributed by atoms with Crippen LogP contribution in [0.2, 0.25) is 0 Å². The molecule has 6 nitrogen and oxygen atoms in total. The van der Waals surface area contributed by atoms with Gasteiger partial charge in [-0.15, -0.1) is 11.3 Å². The Bertz CT molecular complexity index is 904. The second-order valence-electron chi connectivity index (χ2n) is 5.06. The van der Waals surface area contributed by atoms with E-state index in [1.807, 2.05) is 12.1 Å². The lowest BCUT2D eigenvalue weighted by Crippen LogP contribution is -2.25. The topological polar surface area (TPSA) is 98.0 Å². The van der Waals surface area contributed by atoms with Gasteiger partial charge >= 0.3 is 0 Å². The van der Waals surface area contributed by atoms with Gasteiger partial charge in [0.1, 0.15) is 17.7 Å². The maximum Gasteiger partial charge on any atom is 0.270 e. The fraction of sp³-hybridized carbons (Fsp3) is 0.125. The molecule has 0 unspecified atom stereocenters. The van der Waals surface area contributed by atoms with Crippen molar-refractivity contribution in [3.8, 4) is 0 Å². The summed E-state index contributed by atoms with van der Waals surface area (Å²) >= 11 is 1.72. The number of rotatable bonds is 4. The molecule has 0 saturated carbocycles. The van der Waals surface area contributed by atoms with Crippen LogP contribution in [0.5, 0.6) is 0 Å². The van der Waals surface area contributed by atoms with Gasteiger partial charge in [-0.25, -0.2) is 9.97 Å². The first-order valence-corrected chi connectivity index (χ1v) is 7.74. The smallest absolute Gasteiger partial charge is 0.270 e. The van der Waals surface area contributed by atoms with Crippen LogP contribution in [0.25, 0.3) is 10.1 Å². The first-order chi connectivity index (χ1) is 11.0. The maximum absolute atomic E-state index is 12.1. The van der Waals surface area contributed by atoms with E-state index in [4.69, 9.17) is 5.73 Å². The number of fused-ring (bicyclic) bond motifs is 1. The van der Waals surface area contributed by atoms with Gasteiger partial charge in [0.25, 0.3) is 11.8 Å². The zero-order valence-corrected chi connectivity index (χ0v) is 13.2. The van der Waals surface area contributed by atoms with Gasteiger partial charge in [0.05, 0.1) is 0 Å². The molecule has 2 heterocycles. The monoisotopic (exact) mass is 326 g/mol. The minimum Gasteiger partial charge on any atom is -0.364 e. The number of aryl methyl sites for hydroxylation is 1. The van der Waals surface area contributed by atoms with Gasteiger partial charge in [0.15, 0.2) is 0 Å². The van der Waals surface area contributed by atoms with Crippen LogP contribution in [-0.2, 0) is 6.54 Å². The number of nitrogens with zero attached hydrogens (tertiary/aromatic N) is 2. The average Bonchev–Trinajstić information content (AvgIpc) is 2.91. The molecule has 0 aliphatic heterocycles. The van der Waals surface area contributed by atoms with Crippen molar-refractivity contribution in [2.75, 3.05) is 0 Å². The van der Waals surface area contributed by atoms with Crippen molar-refractivity contribution in [3.05, 3.63) is 58.5 Å². The normalized spacial score (nSPS) is 10.7. The number of nitrogens with one attached hydrogen (secondary N) is 1. The fourth-order valence-corrected chi connectivity index (χ4v) is 3.20. The van der Waals surface area contributed by atoms with E-state index in [0.717, 1.165) is 11.9 Å².